The lowest BCUT2D eigenvalue weighted by Gasteiger charge is -2.43. The molecule has 0 bridgehead atoms. The number of hydrogen-bond donors (Lipinski definition) is 1. The Labute approximate surface area is 108 Å². The zero-order chi connectivity index (χ0) is 12.9. The molecule has 0 aliphatic heterocycles. The van der Waals surface area contributed by atoms with Crippen LogP contribution < -0.4 is 5.73 Å². The van der Waals surface area contributed by atoms with Crippen molar-refractivity contribution in [2.45, 2.75) is 65.8 Å². The van der Waals surface area contributed by atoms with E-state index in [0.29, 0.717) is 11.5 Å². The topological polar surface area (TPSA) is 29.3 Å². The van der Waals surface area contributed by atoms with Gasteiger partial charge in [0, 0.05) is 12.6 Å². The molecule has 1 saturated carbocycles. The van der Waals surface area contributed by atoms with Crippen LogP contribution in [0.1, 0.15) is 59.8 Å². The first-order valence-corrected chi connectivity index (χ1v) is 7.51. The largest absolute Gasteiger partial charge is 0.330 e. The van der Waals surface area contributed by atoms with Crippen molar-refractivity contribution in [2.24, 2.45) is 17.1 Å². The molecule has 102 valence electrons. The molecule has 2 heteroatoms. The van der Waals surface area contributed by atoms with Crippen molar-refractivity contribution >= 4 is 0 Å². The molecule has 0 heterocycles. The van der Waals surface area contributed by atoms with Gasteiger partial charge < -0.3 is 10.6 Å². The summed E-state index contributed by atoms with van der Waals surface area (Å²) in [5, 5.41) is 0. The van der Waals surface area contributed by atoms with E-state index < -0.39 is 0 Å². The lowest BCUT2D eigenvalue weighted by Crippen LogP contribution is -2.47. The van der Waals surface area contributed by atoms with Gasteiger partial charge in [-0.05, 0) is 50.6 Å². The van der Waals surface area contributed by atoms with Gasteiger partial charge in [0.1, 0.15) is 0 Å². The number of hydrogen-bond acceptors (Lipinski definition) is 2. The lowest BCUT2D eigenvalue weighted by molar-refractivity contribution is 0.0759. The van der Waals surface area contributed by atoms with E-state index in [-0.39, 0.29) is 0 Å². The number of nitrogens with zero attached hydrogens (tertiary/aromatic N) is 1. The second-order valence-electron chi connectivity index (χ2n) is 6.21. The molecule has 0 amide bonds. The van der Waals surface area contributed by atoms with Gasteiger partial charge in [0.15, 0.2) is 0 Å². The molecule has 2 N–H and O–H groups in total. The molecule has 1 aliphatic carbocycles. The first-order valence-electron chi connectivity index (χ1n) is 7.51. The van der Waals surface area contributed by atoms with Gasteiger partial charge in [-0.25, -0.2) is 0 Å². The molecule has 0 aromatic heterocycles. The van der Waals surface area contributed by atoms with Crippen LogP contribution in [0.4, 0.5) is 0 Å². The van der Waals surface area contributed by atoms with Crippen LogP contribution in [0, 0.1) is 11.3 Å². The molecule has 0 radical (unpaired) electrons. The van der Waals surface area contributed by atoms with E-state index in [2.05, 4.69) is 32.6 Å². The van der Waals surface area contributed by atoms with Gasteiger partial charge in [0.05, 0.1) is 0 Å². The maximum atomic E-state index is 6.10. The molecular formula is C15H32N2. The maximum absolute atomic E-state index is 6.10. The Morgan fingerprint density at radius 1 is 1.29 bits per heavy atom. The van der Waals surface area contributed by atoms with Crippen LogP contribution in [0.5, 0.6) is 0 Å². The van der Waals surface area contributed by atoms with Crippen molar-refractivity contribution in [3.8, 4) is 0 Å². The molecule has 1 rings (SSSR count). The highest BCUT2D eigenvalue weighted by Gasteiger charge is 2.34. The normalized spacial score (nSPS) is 31.8. The van der Waals surface area contributed by atoms with Gasteiger partial charge in [-0.15, -0.1) is 0 Å². The Hall–Kier alpha value is -0.0800. The summed E-state index contributed by atoms with van der Waals surface area (Å²) in [6.07, 6.45) is 6.64. The van der Waals surface area contributed by atoms with Crippen molar-refractivity contribution in [3.05, 3.63) is 0 Å². The van der Waals surface area contributed by atoms with Gasteiger partial charge >= 0.3 is 0 Å². The van der Waals surface area contributed by atoms with Crippen LogP contribution in [-0.4, -0.2) is 30.6 Å². The molecule has 1 fully saturated rings. The van der Waals surface area contributed by atoms with Crippen molar-refractivity contribution in [1.29, 1.82) is 0 Å². The van der Waals surface area contributed by atoms with Crippen molar-refractivity contribution in [1.82, 2.24) is 4.90 Å². The minimum absolute atomic E-state index is 0.409. The second-order valence-corrected chi connectivity index (χ2v) is 6.21. The van der Waals surface area contributed by atoms with Crippen LogP contribution in [0.25, 0.3) is 0 Å². The predicted octanol–water partition coefficient (Wildman–Crippen LogP) is 3.26. The monoisotopic (exact) mass is 240 g/mol. The number of nitrogens with two attached hydrogens (primary N) is 1. The van der Waals surface area contributed by atoms with Gasteiger partial charge in [0.2, 0.25) is 0 Å². The maximum Gasteiger partial charge on any atom is 0.00644 e. The summed E-state index contributed by atoms with van der Waals surface area (Å²) in [5.74, 6) is 0.911. The minimum Gasteiger partial charge on any atom is -0.330 e. The van der Waals surface area contributed by atoms with Crippen LogP contribution in [0.2, 0.25) is 0 Å². The first kappa shape index (κ1) is 15.0. The molecule has 0 spiro atoms. The minimum atomic E-state index is 0.409. The van der Waals surface area contributed by atoms with Crippen molar-refractivity contribution in [2.75, 3.05) is 19.6 Å². The molecule has 0 saturated heterocycles. The van der Waals surface area contributed by atoms with Gasteiger partial charge in [-0.3, -0.25) is 0 Å². The average Bonchev–Trinajstić information content (AvgIpc) is 2.38. The second kappa shape index (κ2) is 6.75. The van der Waals surface area contributed by atoms with Crippen LogP contribution >= 0.6 is 0 Å². The standard InChI is InChI=1S/C15H32N2/c1-5-14(4)17(6-2)12-15(11-16)9-7-13(3)8-10-15/h13-14H,5-12,16H2,1-4H3. The van der Waals surface area contributed by atoms with Gasteiger partial charge in [-0.2, -0.15) is 0 Å². The Bertz CT molecular complexity index is 207. The highest BCUT2D eigenvalue weighted by Crippen LogP contribution is 2.39. The first-order chi connectivity index (χ1) is 8.06. The third-order valence-electron chi connectivity index (χ3n) is 4.93. The van der Waals surface area contributed by atoms with E-state index in [1.165, 1.54) is 38.6 Å². The Balaban J connectivity index is 2.61. The van der Waals surface area contributed by atoms with Crippen molar-refractivity contribution in [3.63, 3.8) is 0 Å². The number of rotatable bonds is 6. The smallest absolute Gasteiger partial charge is 0.00644 e. The lowest BCUT2D eigenvalue weighted by atomic mass is 9.70. The Kier molecular flexibility index (Phi) is 5.94. The van der Waals surface area contributed by atoms with Crippen LogP contribution in [-0.2, 0) is 0 Å². The van der Waals surface area contributed by atoms with E-state index in [0.717, 1.165) is 19.0 Å². The highest BCUT2D eigenvalue weighted by atomic mass is 15.2. The van der Waals surface area contributed by atoms with Gasteiger partial charge in [-0.1, -0.05) is 33.6 Å². The molecule has 0 aromatic rings. The van der Waals surface area contributed by atoms with E-state index in [9.17, 15) is 0 Å². The van der Waals surface area contributed by atoms with Crippen LogP contribution in [0.3, 0.4) is 0 Å². The fraction of sp³-hybridized carbons (Fsp3) is 1.00. The molecule has 1 aliphatic rings. The van der Waals surface area contributed by atoms with E-state index in [4.69, 9.17) is 5.73 Å². The van der Waals surface area contributed by atoms with Crippen LogP contribution in [0.15, 0.2) is 0 Å². The summed E-state index contributed by atoms with van der Waals surface area (Å²) in [6.45, 7) is 12.5. The van der Waals surface area contributed by atoms with E-state index in [1.54, 1.807) is 0 Å². The Morgan fingerprint density at radius 2 is 1.88 bits per heavy atom. The zero-order valence-electron chi connectivity index (χ0n) is 12.3. The molecule has 2 nitrogen and oxygen atoms in total. The summed E-state index contributed by atoms with van der Waals surface area (Å²) in [4.78, 5) is 2.63. The molecule has 1 unspecified atom stereocenters. The summed E-state index contributed by atoms with van der Waals surface area (Å²) in [5.41, 5.74) is 6.51. The molecular weight excluding hydrogens is 208 g/mol. The third-order valence-corrected chi connectivity index (χ3v) is 4.93. The predicted molar refractivity (Wildman–Crippen MR) is 76.1 cm³/mol. The SMILES string of the molecule is CCC(C)N(CC)CC1(CN)CCC(C)CC1. The van der Waals surface area contributed by atoms with Gasteiger partial charge in [0.25, 0.3) is 0 Å². The quantitative estimate of drug-likeness (QED) is 0.772. The zero-order valence-corrected chi connectivity index (χ0v) is 12.3. The summed E-state index contributed by atoms with van der Waals surface area (Å²) >= 11 is 0. The Morgan fingerprint density at radius 3 is 2.29 bits per heavy atom. The summed E-state index contributed by atoms with van der Waals surface area (Å²) < 4.78 is 0. The molecule has 17 heavy (non-hydrogen) atoms. The fourth-order valence-corrected chi connectivity index (χ4v) is 3.07. The third kappa shape index (κ3) is 3.96. The van der Waals surface area contributed by atoms with E-state index in [1.807, 2.05) is 0 Å². The summed E-state index contributed by atoms with van der Waals surface area (Å²) in [7, 11) is 0. The summed E-state index contributed by atoms with van der Waals surface area (Å²) in [6, 6.07) is 0.697. The van der Waals surface area contributed by atoms with E-state index >= 15 is 0 Å². The average molecular weight is 240 g/mol. The van der Waals surface area contributed by atoms with Crippen molar-refractivity contribution < 1.29 is 0 Å². The highest BCUT2D eigenvalue weighted by molar-refractivity contribution is 4.89. The fourth-order valence-electron chi connectivity index (χ4n) is 3.07. The molecule has 1 atom stereocenters. The molecule has 0 aromatic carbocycles.